The van der Waals surface area contributed by atoms with Crippen molar-refractivity contribution in [3.63, 3.8) is 0 Å². The molecule has 1 fully saturated rings. The molecule has 1 aromatic carbocycles. The van der Waals surface area contributed by atoms with Crippen LogP contribution in [0.3, 0.4) is 0 Å². The van der Waals surface area contributed by atoms with E-state index < -0.39 is 0 Å². The van der Waals surface area contributed by atoms with Crippen molar-refractivity contribution in [1.82, 2.24) is 10.2 Å². The molecular weight excluding hydrogens is 331 g/mol. The molecule has 0 aliphatic carbocycles. The van der Waals surface area contributed by atoms with Crippen LogP contribution in [0.5, 0.6) is 0 Å². The highest BCUT2D eigenvalue weighted by Crippen LogP contribution is 2.12. The first kappa shape index (κ1) is 12.5. The Labute approximate surface area is 114 Å². The number of rotatable bonds is 3. The second kappa shape index (κ2) is 5.14. The van der Waals surface area contributed by atoms with Gasteiger partial charge in [0.15, 0.2) is 0 Å². The molecule has 1 atom stereocenters. The van der Waals surface area contributed by atoms with Crippen LogP contribution in [0, 0.1) is 3.57 Å². The Bertz CT molecular complexity index is 444. The minimum absolute atomic E-state index is 0.116. The minimum atomic E-state index is -0.369. The molecule has 1 aliphatic rings. The summed E-state index contributed by atoms with van der Waals surface area (Å²) in [5.74, 6) is -0.254. The lowest BCUT2D eigenvalue weighted by Crippen LogP contribution is -2.36. The van der Waals surface area contributed by atoms with Gasteiger partial charge < -0.3 is 5.32 Å². The number of benzene rings is 1. The van der Waals surface area contributed by atoms with Gasteiger partial charge in [-0.25, -0.2) is 0 Å². The van der Waals surface area contributed by atoms with E-state index in [9.17, 15) is 9.59 Å². The Kier molecular flexibility index (Phi) is 3.78. The normalized spacial score (nSPS) is 20.1. The second-order valence-electron chi connectivity index (χ2n) is 4.06. The average molecular weight is 344 g/mol. The summed E-state index contributed by atoms with van der Waals surface area (Å²) in [7, 11) is 1.53. The lowest BCUT2D eigenvalue weighted by Gasteiger charge is -2.10. The molecule has 0 aromatic heterocycles. The van der Waals surface area contributed by atoms with Crippen LogP contribution in [0.2, 0.25) is 0 Å². The number of imide groups is 1. The summed E-state index contributed by atoms with van der Waals surface area (Å²) < 4.78 is 1.18. The van der Waals surface area contributed by atoms with E-state index in [1.807, 2.05) is 24.3 Å². The van der Waals surface area contributed by atoms with E-state index in [2.05, 4.69) is 27.9 Å². The van der Waals surface area contributed by atoms with Crippen LogP contribution in [0.25, 0.3) is 0 Å². The maximum Gasteiger partial charge on any atom is 0.246 e. The molecule has 0 bridgehead atoms. The number of likely N-dealkylation sites (tertiary alicyclic amines) is 1. The van der Waals surface area contributed by atoms with Gasteiger partial charge in [0, 0.05) is 17.2 Å². The quantitative estimate of drug-likeness (QED) is 0.661. The van der Waals surface area contributed by atoms with Gasteiger partial charge >= 0.3 is 0 Å². The van der Waals surface area contributed by atoms with Gasteiger partial charge in [0.05, 0.1) is 12.5 Å². The number of nitrogens with zero attached hydrogens (tertiary/aromatic N) is 1. The van der Waals surface area contributed by atoms with Crippen molar-refractivity contribution in [1.29, 1.82) is 0 Å². The van der Waals surface area contributed by atoms with Gasteiger partial charge in [-0.05, 0) is 40.3 Å². The van der Waals surface area contributed by atoms with Gasteiger partial charge in [-0.1, -0.05) is 12.1 Å². The van der Waals surface area contributed by atoms with Crippen molar-refractivity contribution in [2.45, 2.75) is 19.0 Å². The molecule has 0 radical (unpaired) electrons. The highest BCUT2D eigenvalue weighted by Gasteiger charge is 2.35. The fourth-order valence-corrected chi connectivity index (χ4v) is 2.12. The number of carbonyl (C=O) groups is 2. The minimum Gasteiger partial charge on any atom is -0.301 e. The third-order valence-electron chi connectivity index (χ3n) is 2.85. The third-order valence-corrected chi connectivity index (χ3v) is 3.57. The summed E-state index contributed by atoms with van der Waals surface area (Å²) in [5.41, 5.74) is 1.11. The van der Waals surface area contributed by atoms with E-state index in [0.29, 0.717) is 6.54 Å². The molecule has 2 rings (SSSR count). The molecule has 5 heteroatoms. The van der Waals surface area contributed by atoms with E-state index in [1.165, 1.54) is 15.5 Å². The first-order valence-corrected chi connectivity index (χ1v) is 6.44. The van der Waals surface area contributed by atoms with E-state index in [1.54, 1.807) is 0 Å². The maximum atomic E-state index is 11.6. The molecule has 1 heterocycles. The highest BCUT2D eigenvalue weighted by atomic mass is 127. The predicted molar refractivity (Wildman–Crippen MR) is 72.2 cm³/mol. The third kappa shape index (κ3) is 2.84. The predicted octanol–water partition coefficient (Wildman–Crippen LogP) is 1.14. The van der Waals surface area contributed by atoms with Gasteiger partial charge in [-0.2, -0.15) is 0 Å². The summed E-state index contributed by atoms with van der Waals surface area (Å²) in [6, 6.07) is 7.70. The lowest BCUT2D eigenvalue weighted by atomic mass is 10.2. The highest BCUT2D eigenvalue weighted by molar-refractivity contribution is 14.1. The Hall–Kier alpha value is -0.950. The molecule has 0 spiro atoms. The standard InChI is InChI=1S/C12H13IN2O2/c1-15-11(16)6-10(12(15)17)14-7-8-2-4-9(13)5-3-8/h2-5,10,14H,6-7H2,1H3. The van der Waals surface area contributed by atoms with E-state index in [4.69, 9.17) is 0 Å². The largest absolute Gasteiger partial charge is 0.301 e. The van der Waals surface area contributed by atoms with Crippen LogP contribution in [0.15, 0.2) is 24.3 Å². The topological polar surface area (TPSA) is 49.4 Å². The van der Waals surface area contributed by atoms with Gasteiger partial charge in [0.2, 0.25) is 11.8 Å². The van der Waals surface area contributed by atoms with E-state index in [0.717, 1.165) is 5.56 Å². The summed E-state index contributed by atoms with van der Waals surface area (Å²) >= 11 is 2.25. The van der Waals surface area contributed by atoms with Crippen molar-refractivity contribution >= 4 is 34.4 Å². The molecule has 2 amide bonds. The molecule has 1 N–H and O–H groups in total. The fourth-order valence-electron chi connectivity index (χ4n) is 1.76. The number of hydrogen-bond donors (Lipinski definition) is 1. The molecule has 4 nitrogen and oxygen atoms in total. The molecule has 17 heavy (non-hydrogen) atoms. The van der Waals surface area contributed by atoms with Gasteiger partial charge in [-0.3, -0.25) is 14.5 Å². The lowest BCUT2D eigenvalue weighted by molar-refractivity contribution is -0.137. The van der Waals surface area contributed by atoms with Gasteiger partial charge in [-0.15, -0.1) is 0 Å². The molecule has 0 saturated carbocycles. The van der Waals surface area contributed by atoms with Crippen molar-refractivity contribution in [3.05, 3.63) is 33.4 Å². The summed E-state index contributed by atoms with van der Waals surface area (Å²) in [6.07, 6.45) is 0.264. The fraction of sp³-hybridized carbons (Fsp3) is 0.333. The van der Waals surface area contributed by atoms with E-state index >= 15 is 0 Å². The van der Waals surface area contributed by atoms with E-state index in [-0.39, 0.29) is 24.3 Å². The number of carbonyl (C=O) groups excluding carboxylic acids is 2. The zero-order valence-electron chi connectivity index (χ0n) is 9.44. The van der Waals surface area contributed by atoms with Crippen LogP contribution < -0.4 is 5.32 Å². The van der Waals surface area contributed by atoms with Crippen molar-refractivity contribution in [2.75, 3.05) is 7.05 Å². The molecular formula is C12H13IN2O2. The first-order valence-electron chi connectivity index (χ1n) is 5.36. The van der Waals surface area contributed by atoms with Crippen LogP contribution in [0.4, 0.5) is 0 Å². The van der Waals surface area contributed by atoms with Crippen molar-refractivity contribution in [3.8, 4) is 0 Å². The van der Waals surface area contributed by atoms with Crippen LogP contribution >= 0.6 is 22.6 Å². The number of likely N-dealkylation sites (N-methyl/N-ethyl adjacent to an activating group) is 1. The molecule has 1 saturated heterocycles. The SMILES string of the molecule is CN1C(=O)CC(NCc2ccc(I)cc2)C1=O. The van der Waals surface area contributed by atoms with Crippen molar-refractivity contribution in [2.24, 2.45) is 0 Å². The first-order chi connectivity index (χ1) is 8.08. The Morgan fingerprint density at radius 3 is 2.53 bits per heavy atom. The summed E-state index contributed by atoms with van der Waals surface area (Å²) in [4.78, 5) is 24.1. The number of hydrogen-bond acceptors (Lipinski definition) is 3. The molecule has 1 unspecified atom stereocenters. The summed E-state index contributed by atoms with van der Waals surface area (Å²) in [5, 5.41) is 3.11. The van der Waals surface area contributed by atoms with Gasteiger partial charge in [0.25, 0.3) is 0 Å². The van der Waals surface area contributed by atoms with Crippen LogP contribution in [-0.4, -0.2) is 29.8 Å². The Balaban J connectivity index is 1.93. The zero-order valence-corrected chi connectivity index (χ0v) is 11.6. The van der Waals surface area contributed by atoms with Gasteiger partial charge in [0.1, 0.15) is 0 Å². The smallest absolute Gasteiger partial charge is 0.246 e. The Morgan fingerprint density at radius 2 is 2.00 bits per heavy atom. The second-order valence-corrected chi connectivity index (χ2v) is 5.30. The number of halogens is 1. The summed E-state index contributed by atoms with van der Waals surface area (Å²) in [6.45, 7) is 0.606. The number of amides is 2. The van der Waals surface area contributed by atoms with Crippen LogP contribution in [0.1, 0.15) is 12.0 Å². The van der Waals surface area contributed by atoms with Crippen molar-refractivity contribution < 1.29 is 9.59 Å². The molecule has 90 valence electrons. The maximum absolute atomic E-state index is 11.6. The molecule has 1 aliphatic heterocycles. The Morgan fingerprint density at radius 1 is 1.35 bits per heavy atom. The number of nitrogens with one attached hydrogen (secondary N) is 1. The average Bonchev–Trinajstić information content (AvgIpc) is 2.56. The zero-order chi connectivity index (χ0) is 12.4. The monoisotopic (exact) mass is 344 g/mol. The molecule has 1 aromatic rings. The van der Waals surface area contributed by atoms with Crippen LogP contribution in [-0.2, 0) is 16.1 Å².